The van der Waals surface area contributed by atoms with Crippen LogP contribution >= 0.6 is 0 Å². The van der Waals surface area contributed by atoms with Crippen molar-refractivity contribution in [3.05, 3.63) is 0 Å². The van der Waals surface area contributed by atoms with Crippen LogP contribution in [0.25, 0.3) is 0 Å². The fraction of sp³-hybridized carbons (Fsp3) is 0.881. The number of Topliss-reactive ketones (excluding diaryl/α,β-unsaturated/α-hetero) is 10. The van der Waals surface area contributed by atoms with Gasteiger partial charge in [-0.3, -0.25) is 47.9 Å². The zero-order valence-corrected chi connectivity index (χ0v) is 79.7. The van der Waals surface area contributed by atoms with Crippen LogP contribution in [0.4, 0.5) is 0 Å². The predicted octanol–water partition coefficient (Wildman–Crippen LogP) is 15.0. The molecule has 0 aromatic rings. The van der Waals surface area contributed by atoms with E-state index in [1.54, 1.807) is 20.8 Å². The predicted molar refractivity (Wildman–Crippen MR) is 491 cm³/mol. The molecule has 7 aliphatic rings. The van der Waals surface area contributed by atoms with E-state index in [1.165, 1.54) is 178 Å². The second-order valence-electron chi connectivity index (χ2n) is 31.2. The molecule has 1 aliphatic carbocycles. The molecule has 2 unspecified atom stereocenters. The zero-order chi connectivity index (χ0) is 80.2. The average molecular weight is 1670 g/mol. The largest absolute Gasteiger partial charge is 0.372 e. The third kappa shape index (κ3) is 68.3. The SMILES string of the molecule is CC(=O)C[S+](C)C.CC(=O)C[S+]1CCCC1.CC(C)(C)C(=O)C[S+]1CCCC1.CC(C)(C)C(=O)C[S+]1CCCCC1.CCC(=O)C[S+]1CCCC1.CCC(=O)C[S+]1CCCCC1.CCC(=O)C[S+]1CCOCC1.CCCC[S+](CCCC)CC(=O)CC.CC[S+](C)CC(C)=O.C[S+](C)C1CCCCC1=O. The Balaban J connectivity index is -0.00000111. The van der Waals surface area contributed by atoms with E-state index in [4.69, 9.17) is 4.74 Å². The van der Waals surface area contributed by atoms with Crippen molar-refractivity contribution in [2.75, 3.05) is 183 Å². The summed E-state index contributed by atoms with van der Waals surface area (Å²) >= 11 is 0. The van der Waals surface area contributed by atoms with Crippen molar-refractivity contribution in [2.24, 2.45) is 10.8 Å². The monoisotopic (exact) mass is 1670 g/mol. The molecule has 6 saturated heterocycles. The third-order valence-corrected chi connectivity index (χ3v) is 39.4. The Kier molecular flexibility index (Phi) is 72.5. The van der Waals surface area contributed by atoms with Gasteiger partial charge in [-0.05, 0) is 239 Å². The maximum atomic E-state index is 11.7. The first-order valence-corrected chi connectivity index (χ1v) is 58.8. The van der Waals surface area contributed by atoms with Gasteiger partial charge in [-0.25, -0.2) is 0 Å². The van der Waals surface area contributed by atoms with Crippen molar-refractivity contribution < 1.29 is 52.7 Å². The lowest BCUT2D eigenvalue weighted by Gasteiger charge is -2.18. The topological polar surface area (TPSA) is 180 Å². The van der Waals surface area contributed by atoms with Crippen LogP contribution in [0.3, 0.4) is 0 Å². The second kappa shape index (κ2) is 69.6. The number of ketones is 10. The Bertz CT molecular complexity index is 2230. The first-order valence-electron chi connectivity index (χ1n) is 40.4. The summed E-state index contributed by atoms with van der Waals surface area (Å²) in [4.78, 5) is 110. The van der Waals surface area contributed by atoms with E-state index >= 15 is 0 Å². The van der Waals surface area contributed by atoms with Crippen molar-refractivity contribution in [2.45, 2.75) is 270 Å². The summed E-state index contributed by atoms with van der Waals surface area (Å²) < 4.78 is 5.21. The van der Waals surface area contributed by atoms with Gasteiger partial charge in [0.25, 0.3) is 0 Å². The Morgan fingerprint density at radius 2 is 0.714 bits per heavy atom. The van der Waals surface area contributed by atoms with Crippen LogP contribution in [-0.2, 0) is 162 Å². The number of rotatable bonds is 30. The van der Waals surface area contributed by atoms with Gasteiger partial charge in [0, 0.05) is 49.4 Å². The Morgan fingerprint density at radius 3 is 0.962 bits per heavy atom. The highest BCUT2D eigenvalue weighted by atomic mass is 32.2. The highest BCUT2D eigenvalue weighted by molar-refractivity contribution is 7.99. The molecular weight excluding hydrogens is 1510 g/mol. The fourth-order valence-corrected chi connectivity index (χ4v) is 30.5. The standard InChI is InChI=1S/C12H25OS.C11H21OS.C10H19OS.C9H17OS.C8H15O2S.2C8H15OS.C7H13OS.C6H13OS.C5H11OS/c1-4-7-9-14(10-8-5-2)11-12(13)6-3;1-11(2,3)10(12)9-13-7-5-4-6-8-13;1-10(2,3)9(11)8-12-6-4-5-7-12;1-2-9(10)8-11-6-4-3-5-7-11;1-2-8(9)7-11-5-3-10-4-6-11;1-10(2)8-6-4-3-5-7(8)9;1-2-8(9)7-10-5-3-4-6-10;1-7(8)6-9-4-2-3-5-9;1-4-8(3)5-6(2)7;1-5(6)4-7(2)3/h4-11H2,1-3H3;4-9H2,1-3H3;4-8H2,1-3H3;2-8H2,1H3;2-7H2,1H3;8H,3-6H2,1-2H3;2-7H2,1H3;2-6H2,1H3;4-5H2,1-3H3;4H2,1-3H3/q10*+1. The summed E-state index contributed by atoms with van der Waals surface area (Å²) in [5, 5.41) is 0.411. The number of ether oxygens (including phenoxy) is 1. The van der Waals surface area contributed by atoms with Gasteiger partial charge in [0.15, 0.2) is 115 Å². The Hall–Kier alpha value is 0.160. The molecule has 0 amide bonds. The van der Waals surface area contributed by atoms with Crippen molar-refractivity contribution in [1.29, 1.82) is 0 Å². The molecule has 6 heterocycles. The van der Waals surface area contributed by atoms with Gasteiger partial charge in [-0.15, -0.1) is 0 Å². The maximum absolute atomic E-state index is 11.7. The molecule has 0 aromatic carbocycles. The van der Waals surface area contributed by atoms with Crippen LogP contribution < -0.4 is 0 Å². The normalized spacial score (nSPS) is 18.4. The van der Waals surface area contributed by atoms with Crippen LogP contribution in [0.1, 0.15) is 265 Å². The van der Waals surface area contributed by atoms with Crippen LogP contribution in [0.2, 0.25) is 0 Å². The molecule has 21 heteroatoms. The first kappa shape index (κ1) is 109. The summed E-state index contributed by atoms with van der Waals surface area (Å²) in [6.45, 7) is 33.3. The van der Waals surface area contributed by atoms with E-state index < -0.39 is 0 Å². The van der Waals surface area contributed by atoms with E-state index in [2.05, 4.69) is 52.1 Å². The average Bonchev–Trinajstić information content (AvgIpc) is 1.75. The maximum Gasteiger partial charge on any atom is 0.187 e. The molecule has 105 heavy (non-hydrogen) atoms. The summed E-state index contributed by atoms with van der Waals surface area (Å²) in [6, 6.07) is 0. The minimum Gasteiger partial charge on any atom is -0.372 e. The van der Waals surface area contributed by atoms with Crippen molar-refractivity contribution >= 4 is 167 Å². The Morgan fingerprint density at radius 1 is 0.390 bits per heavy atom. The van der Waals surface area contributed by atoms with Gasteiger partial charge in [0.05, 0.1) is 44.5 Å². The zero-order valence-electron chi connectivity index (χ0n) is 71.5. The number of hydrogen-bond donors (Lipinski definition) is 0. The minimum absolute atomic E-state index is 0.115. The molecule has 2 atom stereocenters. The van der Waals surface area contributed by atoms with Gasteiger partial charge in [-0.2, -0.15) is 0 Å². The molecule has 7 fully saturated rings. The highest BCUT2D eigenvalue weighted by Crippen LogP contribution is 2.24. The number of carbonyl (C=O) groups excluding carboxylic acids is 10. The molecule has 0 bridgehead atoms. The molecule has 1 saturated carbocycles. The highest BCUT2D eigenvalue weighted by Gasteiger charge is 2.35. The van der Waals surface area contributed by atoms with Crippen molar-refractivity contribution in [1.82, 2.24) is 0 Å². The molecule has 0 radical (unpaired) electrons. The van der Waals surface area contributed by atoms with E-state index in [0.29, 0.717) is 178 Å². The van der Waals surface area contributed by atoms with Gasteiger partial charge in [0.2, 0.25) is 0 Å². The molecule has 0 N–H and O–H groups in total. The first-order chi connectivity index (χ1) is 49.5. The van der Waals surface area contributed by atoms with Crippen molar-refractivity contribution in [3.63, 3.8) is 0 Å². The van der Waals surface area contributed by atoms with Crippen LogP contribution in [0.5, 0.6) is 0 Å². The summed E-state index contributed by atoms with van der Waals surface area (Å²) in [5.41, 5.74) is -0.236. The number of carbonyl (C=O) groups is 10. The number of unbranched alkanes of at least 4 members (excludes halogenated alkanes) is 2. The fourth-order valence-electron chi connectivity index (χ4n) is 11.0. The van der Waals surface area contributed by atoms with Gasteiger partial charge >= 0.3 is 0 Å². The van der Waals surface area contributed by atoms with Gasteiger partial charge in [-0.1, -0.05) is 95.9 Å². The lowest BCUT2D eigenvalue weighted by atomic mass is 9.92. The minimum atomic E-state index is -0.121. The van der Waals surface area contributed by atoms with E-state index in [1.807, 2.05) is 69.2 Å². The van der Waals surface area contributed by atoms with Gasteiger partial charge in [0.1, 0.15) is 86.3 Å². The van der Waals surface area contributed by atoms with E-state index in [-0.39, 0.29) is 10.8 Å². The van der Waals surface area contributed by atoms with Gasteiger partial charge < -0.3 is 4.74 Å². The molecule has 7 rings (SSSR count). The molecule has 6 aliphatic heterocycles. The molecule has 616 valence electrons. The van der Waals surface area contributed by atoms with Crippen LogP contribution in [0.15, 0.2) is 0 Å². The van der Waals surface area contributed by atoms with Crippen LogP contribution in [-0.4, -0.2) is 246 Å². The van der Waals surface area contributed by atoms with E-state index in [0.717, 1.165) is 121 Å². The second-order valence-corrected chi connectivity index (χ2v) is 54.5. The smallest absolute Gasteiger partial charge is 0.187 e. The van der Waals surface area contributed by atoms with Crippen LogP contribution in [0, 0.1) is 10.8 Å². The summed E-state index contributed by atoms with van der Waals surface area (Å²) in [7, 11) is 4.05. The lowest BCUT2D eigenvalue weighted by Crippen LogP contribution is -2.32. The third-order valence-electron chi connectivity index (χ3n) is 18.0. The number of hydrogen-bond acceptors (Lipinski definition) is 11. The summed E-state index contributed by atoms with van der Waals surface area (Å²) in [5.74, 6) is 30.8. The lowest BCUT2D eigenvalue weighted by molar-refractivity contribution is -0.124. The molecule has 11 nitrogen and oxygen atoms in total. The molecule has 0 aromatic heterocycles. The Labute approximate surface area is 677 Å². The molecular formula is C84H164O11S10+10. The quantitative estimate of drug-likeness (QED) is 0.0625. The summed E-state index contributed by atoms with van der Waals surface area (Å²) in [6.07, 6.45) is 39.3. The van der Waals surface area contributed by atoms with Crippen molar-refractivity contribution in [3.8, 4) is 0 Å². The van der Waals surface area contributed by atoms with E-state index in [9.17, 15) is 47.9 Å². The molecule has 0 spiro atoms.